The highest BCUT2D eigenvalue weighted by atomic mass is 32.2. The predicted octanol–water partition coefficient (Wildman–Crippen LogP) is -2.63. The number of phenols is 2. The van der Waals surface area contributed by atoms with E-state index in [-0.39, 0.29) is 35.6 Å². The molecule has 2 heterocycles. The molecule has 1 saturated heterocycles. The molecule has 0 radical (unpaired) electrons. The Morgan fingerprint density at radius 2 is 1.86 bits per heavy atom. The van der Waals surface area contributed by atoms with E-state index in [1.165, 1.54) is 13.8 Å². The second-order valence-corrected chi connectivity index (χ2v) is 10.9. The van der Waals surface area contributed by atoms with Crippen LogP contribution < -0.4 is 21.7 Å². The second-order valence-electron chi connectivity index (χ2n) is 9.92. The summed E-state index contributed by atoms with van der Waals surface area (Å²) < 4.78 is 5.24. The summed E-state index contributed by atoms with van der Waals surface area (Å²) >= 11 is 1.000. The number of fused-ring (bicyclic) bond motifs is 1. The van der Waals surface area contributed by atoms with E-state index in [0.717, 1.165) is 28.8 Å². The van der Waals surface area contributed by atoms with E-state index < -0.39 is 90.0 Å². The standard InChI is InChI=1S/C25H33N5O11S/c1-10(26)23(37)30-4-3-17(32)19(30)22(36)28-15-7-41-25(40)13-5-12(31)6-18(33)14(13)8-42-9-16(29-20(15)34)21(35)27-11(2)24(38)39/h5-6,10-11,15-17,19,31-33H,3-4,7-9,26H2,1-2H3,(H,27,35)(H,28,36)(H,29,34)(H,38,39)/t10-,11-,15+,16-,17-,19-/m0/s1. The van der Waals surface area contributed by atoms with Gasteiger partial charge in [0.2, 0.25) is 23.6 Å². The Hall–Kier alpha value is -4.09. The average Bonchev–Trinajstić information content (AvgIpc) is 3.30. The van der Waals surface area contributed by atoms with Crippen LogP contribution in [0.4, 0.5) is 0 Å². The molecule has 0 aliphatic carbocycles. The smallest absolute Gasteiger partial charge is 0.338 e. The van der Waals surface area contributed by atoms with E-state index in [9.17, 15) is 49.2 Å². The number of carbonyl (C=O) groups is 6. The van der Waals surface area contributed by atoms with Gasteiger partial charge in [-0.1, -0.05) is 0 Å². The van der Waals surface area contributed by atoms with Crippen LogP contribution in [0.25, 0.3) is 0 Å². The van der Waals surface area contributed by atoms with Crippen molar-refractivity contribution in [2.24, 2.45) is 5.73 Å². The lowest BCUT2D eigenvalue weighted by molar-refractivity contribution is -0.142. The van der Waals surface area contributed by atoms with Crippen molar-refractivity contribution < 1.29 is 53.9 Å². The van der Waals surface area contributed by atoms with Crippen LogP contribution in [0.5, 0.6) is 11.5 Å². The fourth-order valence-corrected chi connectivity index (χ4v) is 5.46. The van der Waals surface area contributed by atoms with Gasteiger partial charge < -0.3 is 51.7 Å². The Morgan fingerprint density at radius 3 is 2.50 bits per heavy atom. The highest BCUT2D eigenvalue weighted by Gasteiger charge is 2.43. The van der Waals surface area contributed by atoms with Gasteiger partial charge in [-0.3, -0.25) is 24.0 Å². The summed E-state index contributed by atoms with van der Waals surface area (Å²) in [6.45, 7) is 1.86. The molecule has 42 heavy (non-hydrogen) atoms. The summed E-state index contributed by atoms with van der Waals surface area (Å²) in [7, 11) is 0. The highest BCUT2D eigenvalue weighted by Crippen LogP contribution is 2.31. The lowest BCUT2D eigenvalue weighted by atomic mass is 10.1. The summed E-state index contributed by atoms with van der Waals surface area (Å²) in [4.78, 5) is 77.2. The van der Waals surface area contributed by atoms with Crippen molar-refractivity contribution in [3.8, 4) is 11.5 Å². The molecule has 17 heteroatoms. The third kappa shape index (κ3) is 7.59. The number of cyclic esters (lactones) is 1. The first-order chi connectivity index (χ1) is 19.7. The van der Waals surface area contributed by atoms with Crippen molar-refractivity contribution in [1.82, 2.24) is 20.9 Å². The molecule has 0 unspecified atom stereocenters. The third-order valence-electron chi connectivity index (χ3n) is 6.65. The van der Waals surface area contributed by atoms with Gasteiger partial charge >= 0.3 is 11.9 Å². The van der Waals surface area contributed by atoms with Crippen LogP contribution in [0, 0.1) is 0 Å². The average molecular weight is 612 g/mol. The molecule has 2 aliphatic rings. The monoisotopic (exact) mass is 611 g/mol. The lowest BCUT2D eigenvalue weighted by Gasteiger charge is -2.29. The number of esters is 1. The number of aliphatic carboxylic acids is 1. The first-order valence-corrected chi connectivity index (χ1v) is 14.0. The number of nitrogens with zero attached hydrogens (tertiary/aromatic N) is 1. The molecule has 2 aliphatic heterocycles. The van der Waals surface area contributed by atoms with Crippen molar-refractivity contribution in [3.63, 3.8) is 0 Å². The fraction of sp³-hybridized carbons (Fsp3) is 0.520. The molecule has 6 atom stereocenters. The van der Waals surface area contributed by atoms with Gasteiger partial charge in [0.15, 0.2) is 0 Å². The van der Waals surface area contributed by atoms with Crippen molar-refractivity contribution in [2.45, 2.75) is 62.3 Å². The summed E-state index contributed by atoms with van der Waals surface area (Å²) in [5.74, 6) is -6.88. The van der Waals surface area contributed by atoms with Gasteiger partial charge in [-0.25, -0.2) is 4.79 Å². The highest BCUT2D eigenvalue weighted by molar-refractivity contribution is 7.98. The Bertz CT molecular complexity index is 1260. The van der Waals surface area contributed by atoms with Crippen LogP contribution in [0.1, 0.15) is 36.2 Å². The summed E-state index contributed by atoms with van der Waals surface area (Å²) in [5.41, 5.74) is 5.49. The minimum atomic E-state index is -1.65. The van der Waals surface area contributed by atoms with Gasteiger partial charge in [-0.2, -0.15) is 11.8 Å². The fourth-order valence-electron chi connectivity index (χ4n) is 4.36. The van der Waals surface area contributed by atoms with Gasteiger partial charge in [0.05, 0.1) is 17.7 Å². The number of aliphatic hydroxyl groups is 1. The number of hydrogen-bond donors (Lipinski definition) is 8. The third-order valence-corrected chi connectivity index (χ3v) is 7.71. The van der Waals surface area contributed by atoms with Gasteiger partial charge in [-0.05, 0) is 26.3 Å². The molecule has 230 valence electrons. The molecule has 1 fully saturated rings. The van der Waals surface area contributed by atoms with Gasteiger partial charge in [0.25, 0.3) is 0 Å². The predicted molar refractivity (Wildman–Crippen MR) is 145 cm³/mol. The largest absolute Gasteiger partial charge is 0.508 e. The number of nitrogens with one attached hydrogen (secondary N) is 3. The van der Waals surface area contributed by atoms with Gasteiger partial charge in [0.1, 0.15) is 42.3 Å². The number of rotatable bonds is 6. The van der Waals surface area contributed by atoms with E-state index in [1.807, 2.05) is 0 Å². The zero-order valence-electron chi connectivity index (χ0n) is 22.7. The topological polar surface area (TPSA) is 258 Å². The minimum Gasteiger partial charge on any atom is -0.508 e. The number of carbonyl (C=O) groups excluding carboxylic acids is 5. The number of carboxylic acid groups (broad SMARTS) is 1. The maximum absolute atomic E-state index is 13.3. The van der Waals surface area contributed by atoms with E-state index in [0.29, 0.717) is 0 Å². The molecule has 4 amide bonds. The molecule has 3 rings (SSSR count). The molecule has 16 nitrogen and oxygen atoms in total. The molecule has 1 aromatic carbocycles. The van der Waals surface area contributed by atoms with Crippen LogP contribution in [0.2, 0.25) is 0 Å². The second kappa shape index (κ2) is 13.7. The van der Waals surface area contributed by atoms with Crippen LogP contribution in [-0.4, -0.2) is 116 Å². The van der Waals surface area contributed by atoms with Crippen LogP contribution in [0.15, 0.2) is 12.1 Å². The number of aliphatic hydroxyl groups excluding tert-OH is 1. The molecule has 0 aromatic heterocycles. The maximum Gasteiger partial charge on any atom is 0.338 e. The number of likely N-dealkylation sites (tertiary alicyclic amines) is 1. The zero-order valence-corrected chi connectivity index (χ0v) is 23.6. The normalized spacial score (nSPS) is 24.5. The Labute approximate surface area is 243 Å². The van der Waals surface area contributed by atoms with E-state index in [1.54, 1.807) is 0 Å². The maximum atomic E-state index is 13.3. The summed E-state index contributed by atoms with van der Waals surface area (Å²) in [6.07, 6.45) is -1.22. The first-order valence-electron chi connectivity index (χ1n) is 12.9. The van der Waals surface area contributed by atoms with Crippen molar-refractivity contribution in [1.29, 1.82) is 0 Å². The van der Waals surface area contributed by atoms with Crippen molar-refractivity contribution in [2.75, 3.05) is 18.9 Å². The quantitative estimate of drug-likeness (QED) is 0.153. The number of amides is 4. The Kier molecular flexibility index (Phi) is 10.6. The summed E-state index contributed by atoms with van der Waals surface area (Å²) in [6, 6.07) is -4.63. The number of ether oxygens (including phenoxy) is 1. The molecule has 0 spiro atoms. The minimum absolute atomic E-state index is 0.0243. The van der Waals surface area contributed by atoms with E-state index in [2.05, 4.69) is 16.0 Å². The van der Waals surface area contributed by atoms with Crippen molar-refractivity contribution in [3.05, 3.63) is 23.3 Å². The van der Waals surface area contributed by atoms with Gasteiger partial charge in [-0.15, -0.1) is 0 Å². The molecule has 0 bridgehead atoms. The molecule has 1 aromatic rings. The first kappa shape index (κ1) is 32.4. The van der Waals surface area contributed by atoms with Crippen LogP contribution >= 0.6 is 11.8 Å². The number of carboxylic acids is 1. The van der Waals surface area contributed by atoms with E-state index >= 15 is 0 Å². The zero-order chi connectivity index (χ0) is 31.3. The van der Waals surface area contributed by atoms with E-state index in [4.69, 9.17) is 10.5 Å². The molecule has 0 saturated carbocycles. The van der Waals surface area contributed by atoms with Crippen LogP contribution in [0.3, 0.4) is 0 Å². The summed E-state index contributed by atoms with van der Waals surface area (Å²) in [5, 5.41) is 46.9. The number of nitrogens with two attached hydrogens (primary N) is 1. The van der Waals surface area contributed by atoms with Crippen LogP contribution in [-0.2, 0) is 34.5 Å². The Morgan fingerprint density at radius 1 is 1.17 bits per heavy atom. The van der Waals surface area contributed by atoms with Crippen molar-refractivity contribution >= 4 is 47.3 Å². The number of benzene rings is 1. The SMILES string of the molecule is C[C@H](N)C(=O)N1CC[C@H](O)[C@H]1C(=O)N[C@@H]1COC(=O)c2cc(O)cc(O)c2CSC[C@@H](C(=O)N[C@@H](C)C(=O)O)NC1=O. The Balaban J connectivity index is 1.93. The molecular formula is C25H33N5O11S. The van der Waals surface area contributed by atoms with Gasteiger partial charge in [0, 0.05) is 29.7 Å². The number of phenolic OH excluding ortho intramolecular Hbond substituents is 2. The number of aromatic hydroxyl groups is 2. The molecule has 9 N–H and O–H groups in total. The lowest BCUT2D eigenvalue weighted by Crippen LogP contribution is -2.60. The number of hydrogen-bond acceptors (Lipinski definition) is 12. The molecular weight excluding hydrogens is 578 g/mol. The number of thioether (sulfide) groups is 1.